The lowest BCUT2D eigenvalue weighted by Gasteiger charge is -2.20. The molecule has 0 saturated heterocycles. The fourth-order valence-corrected chi connectivity index (χ4v) is 4.83. The summed E-state index contributed by atoms with van der Waals surface area (Å²) in [4.78, 5) is 0. The second-order valence-electron chi connectivity index (χ2n) is 5.62. The summed E-state index contributed by atoms with van der Waals surface area (Å²) in [5.74, 6) is 0. The molecule has 132 valence electrons. The van der Waals surface area contributed by atoms with Gasteiger partial charge in [0.1, 0.15) is 0 Å². The summed E-state index contributed by atoms with van der Waals surface area (Å²) in [6.45, 7) is 8.63. The minimum Gasteiger partial charge on any atom is -0.0877 e. The summed E-state index contributed by atoms with van der Waals surface area (Å²) in [7, 11) is -0.431. The molecular formula is C24H31P. The van der Waals surface area contributed by atoms with Crippen LogP contribution in [-0.4, -0.2) is 0 Å². The van der Waals surface area contributed by atoms with Crippen LogP contribution in [0.1, 0.15) is 40.5 Å². The Morgan fingerprint density at radius 3 is 2.32 bits per heavy atom. The molecule has 0 radical (unpaired) electrons. The first-order valence-corrected chi connectivity index (χ1v) is 10.4. The molecule has 0 saturated carbocycles. The highest BCUT2D eigenvalue weighted by Crippen LogP contribution is 2.51. The maximum absolute atomic E-state index is 2.37. The van der Waals surface area contributed by atoms with Gasteiger partial charge < -0.3 is 0 Å². The topological polar surface area (TPSA) is 0 Å². The van der Waals surface area contributed by atoms with Crippen LogP contribution in [0.3, 0.4) is 0 Å². The molecule has 0 amide bonds. The van der Waals surface area contributed by atoms with Crippen molar-refractivity contribution in [2.24, 2.45) is 0 Å². The van der Waals surface area contributed by atoms with Crippen LogP contribution in [0.2, 0.25) is 0 Å². The van der Waals surface area contributed by atoms with Crippen LogP contribution in [0.25, 0.3) is 0 Å². The molecule has 0 heterocycles. The number of hydrogen-bond donors (Lipinski definition) is 0. The maximum Gasteiger partial charge on any atom is -0.0154 e. The Kier molecular flexibility index (Phi) is 11.3. The molecular weight excluding hydrogens is 319 g/mol. The van der Waals surface area contributed by atoms with Crippen LogP contribution in [-0.2, 0) is 0 Å². The van der Waals surface area contributed by atoms with Gasteiger partial charge in [0.05, 0.1) is 0 Å². The van der Waals surface area contributed by atoms with Crippen LogP contribution < -0.4 is 5.30 Å². The highest BCUT2D eigenvalue weighted by atomic mass is 31.1. The van der Waals surface area contributed by atoms with E-state index in [1.54, 1.807) is 0 Å². The molecule has 1 heteroatoms. The van der Waals surface area contributed by atoms with E-state index in [1.807, 2.05) is 25.2 Å². The van der Waals surface area contributed by atoms with Crippen molar-refractivity contribution in [1.29, 1.82) is 0 Å². The summed E-state index contributed by atoms with van der Waals surface area (Å²) < 4.78 is 0. The van der Waals surface area contributed by atoms with Gasteiger partial charge in [0.25, 0.3) is 0 Å². The van der Waals surface area contributed by atoms with Crippen molar-refractivity contribution in [3.05, 3.63) is 102 Å². The first-order chi connectivity index (χ1) is 12.2. The van der Waals surface area contributed by atoms with Gasteiger partial charge in [0.15, 0.2) is 0 Å². The molecule has 0 aliphatic rings. The Morgan fingerprint density at radius 2 is 1.68 bits per heavy atom. The lowest BCUT2D eigenvalue weighted by Crippen LogP contribution is -2.02. The Labute approximate surface area is 155 Å². The van der Waals surface area contributed by atoms with Crippen LogP contribution in [0.5, 0.6) is 0 Å². The van der Waals surface area contributed by atoms with Crippen molar-refractivity contribution in [3.8, 4) is 0 Å². The Balaban J connectivity index is 2.92. The average Bonchev–Trinajstić information content (AvgIpc) is 2.64. The first kappa shape index (κ1) is 21.1. The molecule has 25 heavy (non-hydrogen) atoms. The van der Waals surface area contributed by atoms with E-state index in [1.165, 1.54) is 15.9 Å². The second-order valence-corrected chi connectivity index (χ2v) is 8.02. The number of allylic oxidation sites excluding steroid dienone is 12. The van der Waals surface area contributed by atoms with E-state index >= 15 is 0 Å². The van der Waals surface area contributed by atoms with Crippen molar-refractivity contribution in [3.63, 3.8) is 0 Å². The molecule has 0 aromatic heterocycles. The monoisotopic (exact) mass is 350 g/mol. The summed E-state index contributed by atoms with van der Waals surface area (Å²) in [6.07, 6.45) is 23.7. The van der Waals surface area contributed by atoms with E-state index in [-0.39, 0.29) is 0 Å². The van der Waals surface area contributed by atoms with Gasteiger partial charge in [0, 0.05) is 0 Å². The minimum atomic E-state index is -0.431. The quantitative estimate of drug-likeness (QED) is 0.317. The summed E-state index contributed by atoms with van der Waals surface area (Å²) in [5.41, 5.74) is 0. The number of benzene rings is 1. The molecule has 1 aromatic carbocycles. The fraction of sp³-hybridized carbons (Fsp3) is 0.250. The molecule has 0 fully saturated rings. The molecule has 1 rings (SSSR count). The van der Waals surface area contributed by atoms with Crippen molar-refractivity contribution in [2.75, 3.05) is 0 Å². The molecule has 0 N–H and O–H groups in total. The summed E-state index contributed by atoms with van der Waals surface area (Å²) in [6, 6.07) is 10.9. The van der Waals surface area contributed by atoms with Crippen LogP contribution >= 0.6 is 7.92 Å². The fourth-order valence-electron chi connectivity index (χ4n) is 2.37. The molecule has 1 atom stereocenters. The number of hydrogen-bond acceptors (Lipinski definition) is 0. The molecule has 0 bridgehead atoms. The molecule has 1 aromatic rings. The van der Waals surface area contributed by atoms with Gasteiger partial charge in [-0.15, -0.1) is 0 Å². The average molecular weight is 350 g/mol. The van der Waals surface area contributed by atoms with Gasteiger partial charge in [-0.05, 0) is 57.5 Å². The van der Waals surface area contributed by atoms with Crippen molar-refractivity contribution < 1.29 is 0 Å². The first-order valence-electron chi connectivity index (χ1n) is 9.03. The van der Waals surface area contributed by atoms with Crippen LogP contribution in [0.15, 0.2) is 102 Å². The largest absolute Gasteiger partial charge is 0.0877 e. The van der Waals surface area contributed by atoms with Gasteiger partial charge in [-0.2, -0.15) is 0 Å². The van der Waals surface area contributed by atoms with Gasteiger partial charge in [-0.3, -0.25) is 0 Å². The molecule has 1 unspecified atom stereocenters. The van der Waals surface area contributed by atoms with E-state index in [4.69, 9.17) is 0 Å². The van der Waals surface area contributed by atoms with Crippen molar-refractivity contribution >= 4 is 13.2 Å². The summed E-state index contributed by atoms with van der Waals surface area (Å²) in [5, 5.41) is 4.31. The molecule has 0 spiro atoms. The predicted molar refractivity (Wildman–Crippen MR) is 118 cm³/mol. The predicted octanol–water partition coefficient (Wildman–Crippen LogP) is 7.65. The lowest BCUT2D eigenvalue weighted by atomic mass is 10.3. The van der Waals surface area contributed by atoms with Gasteiger partial charge in [0.2, 0.25) is 0 Å². The van der Waals surface area contributed by atoms with E-state index in [0.717, 1.165) is 12.8 Å². The Morgan fingerprint density at radius 1 is 0.960 bits per heavy atom. The van der Waals surface area contributed by atoms with E-state index in [2.05, 4.69) is 93.6 Å². The zero-order valence-electron chi connectivity index (χ0n) is 16.0. The molecule has 0 nitrogen and oxygen atoms in total. The second kappa shape index (κ2) is 13.4. The van der Waals surface area contributed by atoms with Crippen molar-refractivity contribution in [2.45, 2.75) is 40.5 Å². The molecule has 0 aliphatic carbocycles. The number of rotatable bonds is 9. The van der Waals surface area contributed by atoms with Crippen LogP contribution in [0, 0.1) is 0 Å². The van der Waals surface area contributed by atoms with E-state index in [9.17, 15) is 0 Å². The van der Waals surface area contributed by atoms with Crippen LogP contribution in [0.4, 0.5) is 0 Å². The lowest BCUT2D eigenvalue weighted by molar-refractivity contribution is 1.22. The van der Waals surface area contributed by atoms with Gasteiger partial charge in [-0.25, -0.2) is 0 Å². The SMILES string of the molecule is C\C=C/C=C\C=C\C/C=C\C(=C/CC)P(/C(C)=C/C)c1ccccc1. The third-order valence-corrected chi connectivity index (χ3v) is 6.31. The smallest absolute Gasteiger partial charge is 0.0154 e. The highest BCUT2D eigenvalue weighted by Gasteiger charge is 2.15. The Bertz CT molecular complexity index is 655. The molecule has 0 aliphatic heterocycles. The zero-order valence-corrected chi connectivity index (χ0v) is 16.9. The van der Waals surface area contributed by atoms with E-state index < -0.39 is 7.92 Å². The standard InChI is InChI=1S/C24H31P/c1-5-8-9-10-11-12-13-15-19-23(18-6-2)25(22(4)7-3)24-20-16-14-17-21-24/h5,7-12,14-21H,6,13H2,1-4H3/b8-5-,10-9-,12-11+,19-15-,22-7+,23-18+. The summed E-state index contributed by atoms with van der Waals surface area (Å²) >= 11 is 0. The van der Waals surface area contributed by atoms with Crippen molar-refractivity contribution in [1.82, 2.24) is 0 Å². The maximum atomic E-state index is 2.37. The minimum absolute atomic E-state index is 0.431. The van der Waals surface area contributed by atoms with Gasteiger partial charge >= 0.3 is 0 Å². The zero-order chi connectivity index (χ0) is 18.3. The Hall–Kier alpha value is -1.91. The highest BCUT2D eigenvalue weighted by molar-refractivity contribution is 7.73. The normalized spacial score (nSPS) is 15.2. The van der Waals surface area contributed by atoms with E-state index in [0.29, 0.717) is 0 Å². The third-order valence-electron chi connectivity index (χ3n) is 3.68. The van der Waals surface area contributed by atoms with Gasteiger partial charge in [-0.1, -0.05) is 98.0 Å². The third kappa shape index (κ3) is 8.14.